The number of benzene rings is 3. The number of aliphatic hydroxyl groups excluding tert-OH is 1. The number of halogens is 2. The lowest BCUT2D eigenvalue weighted by Crippen LogP contribution is -2.23. The minimum atomic E-state index is -3.74. The molecule has 3 rings (SSSR count). The van der Waals surface area contributed by atoms with Gasteiger partial charge in [0.2, 0.25) is 9.84 Å². The average molecular weight is 526 g/mol. The van der Waals surface area contributed by atoms with Gasteiger partial charge in [-0.2, -0.15) is 0 Å². The van der Waals surface area contributed by atoms with Crippen LogP contribution in [0.4, 0.5) is 0 Å². The molecular weight excluding hydrogens is 501 g/mol. The first-order valence-corrected chi connectivity index (χ1v) is 12.0. The molecule has 1 atom stereocenters. The molecule has 3 aromatic carbocycles. The van der Waals surface area contributed by atoms with Crippen LogP contribution < -0.4 is 10.1 Å². The van der Waals surface area contributed by atoms with Gasteiger partial charge >= 0.3 is 5.97 Å². The summed E-state index contributed by atoms with van der Waals surface area (Å²) in [6, 6.07) is 19.4. The van der Waals surface area contributed by atoms with Crippen molar-refractivity contribution < 1.29 is 28.2 Å². The van der Waals surface area contributed by atoms with Crippen LogP contribution in [0.25, 0.3) is 0 Å². The second-order valence-electron chi connectivity index (χ2n) is 7.33. The lowest BCUT2D eigenvalue weighted by Gasteiger charge is -2.13. The number of carboxylic acids is 1. The number of sulfone groups is 1. The number of aliphatic hydroxyl groups is 1. The zero-order chi connectivity index (χ0) is 23.8. The van der Waals surface area contributed by atoms with E-state index in [0.717, 1.165) is 11.1 Å². The van der Waals surface area contributed by atoms with E-state index in [2.05, 4.69) is 5.32 Å². The Morgan fingerprint density at radius 2 is 1.71 bits per heavy atom. The number of carbonyl (C=O) groups is 1. The third-order valence-corrected chi connectivity index (χ3v) is 6.87. The lowest BCUT2D eigenvalue weighted by molar-refractivity contribution is -0.139. The maximum atomic E-state index is 13.0. The van der Waals surface area contributed by atoms with Crippen molar-refractivity contribution in [3.8, 4) is 5.75 Å². The van der Waals surface area contributed by atoms with Gasteiger partial charge in [-0.15, -0.1) is 12.4 Å². The fourth-order valence-electron chi connectivity index (χ4n) is 3.17. The Bertz CT molecular complexity index is 1200. The van der Waals surface area contributed by atoms with Crippen LogP contribution in [0.2, 0.25) is 5.02 Å². The van der Waals surface area contributed by atoms with Crippen molar-refractivity contribution in [1.29, 1.82) is 0 Å². The highest BCUT2D eigenvalue weighted by Crippen LogP contribution is 2.24. The monoisotopic (exact) mass is 525 g/mol. The predicted molar refractivity (Wildman–Crippen MR) is 132 cm³/mol. The van der Waals surface area contributed by atoms with E-state index in [4.69, 9.17) is 21.4 Å². The summed E-state index contributed by atoms with van der Waals surface area (Å²) in [5, 5.41) is 22.6. The van der Waals surface area contributed by atoms with Crippen molar-refractivity contribution in [3.05, 3.63) is 88.9 Å². The van der Waals surface area contributed by atoms with E-state index in [1.165, 1.54) is 30.3 Å². The summed E-state index contributed by atoms with van der Waals surface area (Å²) in [6.45, 7) is 0.393. The molecule has 0 saturated heterocycles. The Kier molecular flexibility index (Phi) is 10.3. The number of rotatable bonds is 11. The molecule has 0 amide bonds. The van der Waals surface area contributed by atoms with E-state index >= 15 is 0 Å². The van der Waals surface area contributed by atoms with Crippen molar-refractivity contribution in [3.63, 3.8) is 0 Å². The summed E-state index contributed by atoms with van der Waals surface area (Å²) in [5.74, 6) is -0.840. The van der Waals surface area contributed by atoms with Crippen LogP contribution >= 0.6 is 24.0 Å². The first kappa shape index (κ1) is 27.6. The molecule has 0 aliphatic rings. The minimum absolute atomic E-state index is 0. The highest BCUT2D eigenvalue weighted by Gasteiger charge is 2.18. The molecular formula is C24H25Cl2NO6S. The van der Waals surface area contributed by atoms with Crippen LogP contribution in [-0.4, -0.2) is 44.3 Å². The Morgan fingerprint density at radius 3 is 2.38 bits per heavy atom. The zero-order valence-electron chi connectivity index (χ0n) is 18.1. The maximum Gasteiger partial charge on any atom is 0.341 e. The molecule has 0 radical (unpaired) electrons. The fraction of sp³-hybridized carbons (Fsp3) is 0.208. The summed E-state index contributed by atoms with van der Waals surface area (Å²) >= 11 is 5.95. The van der Waals surface area contributed by atoms with E-state index in [-0.39, 0.29) is 27.9 Å². The molecule has 0 bridgehead atoms. The molecule has 3 aromatic rings. The van der Waals surface area contributed by atoms with Crippen LogP contribution in [0, 0.1) is 0 Å². The molecule has 0 heterocycles. The fourth-order valence-corrected chi connectivity index (χ4v) is 4.70. The zero-order valence-corrected chi connectivity index (χ0v) is 20.4. The van der Waals surface area contributed by atoms with E-state index in [1.807, 2.05) is 6.07 Å². The van der Waals surface area contributed by atoms with Crippen molar-refractivity contribution >= 4 is 39.8 Å². The molecule has 0 unspecified atom stereocenters. The lowest BCUT2D eigenvalue weighted by atomic mass is 10.1. The van der Waals surface area contributed by atoms with Gasteiger partial charge in [-0.1, -0.05) is 35.9 Å². The Morgan fingerprint density at radius 1 is 1.00 bits per heavy atom. The highest BCUT2D eigenvalue weighted by molar-refractivity contribution is 7.91. The summed E-state index contributed by atoms with van der Waals surface area (Å²) in [4.78, 5) is 10.8. The molecule has 0 fully saturated rings. The largest absolute Gasteiger partial charge is 0.482 e. The summed E-state index contributed by atoms with van der Waals surface area (Å²) in [6.07, 6.45) is -0.119. The molecule has 0 aromatic heterocycles. The molecule has 3 N–H and O–H groups in total. The second kappa shape index (κ2) is 12.7. The number of carboxylic acid groups (broad SMARTS) is 1. The van der Waals surface area contributed by atoms with Gasteiger partial charge < -0.3 is 20.3 Å². The highest BCUT2D eigenvalue weighted by atomic mass is 35.5. The van der Waals surface area contributed by atoms with Gasteiger partial charge in [0.15, 0.2) is 6.61 Å². The Balaban J connectivity index is 0.00000408. The van der Waals surface area contributed by atoms with Gasteiger partial charge in [-0.3, -0.25) is 0 Å². The van der Waals surface area contributed by atoms with Crippen LogP contribution in [0.1, 0.15) is 17.2 Å². The Labute approximate surface area is 209 Å². The van der Waals surface area contributed by atoms with E-state index in [9.17, 15) is 18.3 Å². The summed E-state index contributed by atoms with van der Waals surface area (Å²) < 4.78 is 31.0. The number of nitrogens with one attached hydrogen (secondary N) is 1. The van der Waals surface area contributed by atoms with Crippen molar-refractivity contribution in [2.75, 3.05) is 19.7 Å². The molecule has 182 valence electrons. The topological polar surface area (TPSA) is 113 Å². The van der Waals surface area contributed by atoms with Gasteiger partial charge in [0.05, 0.1) is 15.9 Å². The third kappa shape index (κ3) is 7.72. The van der Waals surface area contributed by atoms with Crippen LogP contribution in [0.3, 0.4) is 0 Å². The number of aliphatic carboxylic acids is 1. The van der Waals surface area contributed by atoms with Gasteiger partial charge in [0.25, 0.3) is 0 Å². The molecule has 0 aliphatic heterocycles. The Hall–Kier alpha value is -2.62. The molecule has 0 aliphatic carbocycles. The van der Waals surface area contributed by atoms with Crippen LogP contribution in [0.5, 0.6) is 5.75 Å². The van der Waals surface area contributed by atoms with Gasteiger partial charge in [-0.05, 0) is 72.6 Å². The van der Waals surface area contributed by atoms with E-state index in [1.54, 1.807) is 36.4 Å². The normalized spacial score (nSPS) is 11.9. The first-order chi connectivity index (χ1) is 15.8. The van der Waals surface area contributed by atoms with Gasteiger partial charge in [0, 0.05) is 11.6 Å². The molecule has 34 heavy (non-hydrogen) atoms. The number of hydrogen-bond acceptors (Lipinski definition) is 6. The third-order valence-electron chi connectivity index (χ3n) is 4.87. The predicted octanol–water partition coefficient (Wildman–Crippen LogP) is 3.92. The molecule has 7 nitrogen and oxygen atoms in total. The van der Waals surface area contributed by atoms with E-state index in [0.29, 0.717) is 24.5 Å². The number of ether oxygens (including phenoxy) is 1. The first-order valence-electron chi connectivity index (χ1n) is 10.2. The second-order valence-corrected chi connectivity index (χ2v) is 9.72. The molecule has 10 heteroatoms. The number of hydrogen-bond donors (Lipinski definition) is 3. The summed E-state index contributed by atoms with van der Waals surface area (Å²) in [7, 11) is -3.74. The van der Waals surface area contributed by atoms with E-state index < -0.39 is 28.5 Å². The minimum Gasteiger partial charge on any atom is -0.482 e. The molecule has 0 spiro atoms. The van der Waals surface area contributed by atoms with Crippen LogP contribution in [-0.2, 0) is 21.1 Å². The van der Waals surface area contributed by atoms with Gasteiger partial charge in [-0.25, -0.2) is 13.2 Å². The average Bonchev–Trinajstić information content (AvgIpc) is 2.81. The quantitative estimate of drug-likeness (QED) is 0.325. The smallest absolute Gasteiger partial charge is 0.341 e. The van der Waals surface area contributed by atoms with Gasteiger partial charge in [0.1, 0.15) is 5.75 Å². The standard InChI is InChI=1S/C24H24ClNO6S.ClH/c25-19-5-2-4-18(14-19)23(27)15-26-12-11-17-3-1-6-22(13-17)33(30,31)21-9-7-20(8-10-21)32-16-24(28)29;/h1-10,13-14,23,26-27H,11-12,15-16H2,(H,28,29);1H/t23-;/m0./s1. The maximum absolute atomic E-state index is 13.0. The molecule has 0 saturated carbocycles. The van der Waals surface area contributed by atoms with Crippen molar-refractivity contribution in [2.24, 2.45) is 0 Å². The SMILES string of the molecule is Cl.O=C(O)COc1ccc(S(=O)(=O)c2cccc(CCNC[C@H](O)c3cccc(Cl)c3)c2)cc1. The summed E-state index contributed by atoms with van der Waals surface area (Å²) in [5.41, 5.74) is 1.56. The van der Waals surface area contributed by atoms with Crippen LogP contribution in [0.15, 0.2) is 82.6 Å². The van der Waals surface area contributed by atoms with Crippen molar-refractivity contribution in [1.82, 2.24) is 5.32 Å². The van der Waals surface area contributed by atoms with Crippen molar-refractivity contribution in [2.45, 2.75) is 22.3 Å².